The zero-order valence-electron chi connectivity index (χ0n) is 9.64. The van der Waals surface area contributed by atoms with Crippen LogP contribution in [0.1, 0.15) is 19.4 Å². The van der Waals surface area contributed by atoms with Gasteiger partial charge in [-0.3, -0.25) is 0 Å². The van der Waals surface area contributed by atoms with Gasteiger partial charge < -0.3 is 4.74 Å². The van der Waals surface area contributed by atoms with Crippen LogP contribution >= 0.6 is 0 Å². The van der Waals surface area contributed by atoms with Crippen molar-refractivity contribution < 1.29 is 9.53 Å². The van der Waals surface area contributed by atoms with Crippen LogP contribution in [0.25, 0.3) is 6.08 Å². The maximum atomic E-state index is 11.4. The van der Waals surface area contributed by atoms with E-state index in [1.807, 2.05) is 30.3 Å². The van der Waals surface area contributed by atoms with Crippen LogP contribution in [0.4, 0.5) is 0 Å². The van der Waals surface area contributed by atoms with E-state index in [9.17, 15) is 4.79 Å². The third-order valence-electron chi connectivity index (χ3n) is 2.07. The molecule has 16 heavy (non-hydrogen) atoms. The lowest BCUT2D eigenvalue weighted by molar-refractivity contribution is -0.146. The van der Waals surface area contributed by atoms with Crippen molar-refractivity contribution in [1.29, 1.82) is 0 Å². The Bertz CT molecular complexity index is 388. The normalized spacial score (nSPS) is 11.4. The molecule has 0 aliphatic rings. The Hall–Kier alpha value is -1.83. The molecule has 0 fully saturated rings. The summed E-state index contributed by atoms with van der Waals surface area (Å²) < 4.78 is 5.16. The van der Waals surface area contributed by atoms with Gasteiger partial charge in [0.25, 0.3) is 0 Å². The smallest absolute Gasteiger partial charge is 0.331 e. The van der Waals surface area contributed by atoms with Crippen LogP contribution in [-0.4, -0.2) is 11.6 Å². The van der Waals surface area contributed by atoms with Gasteiger partial charge in [0.05, 0.1) is 0 Å². The third kappa shape index (κ3) is 4.13. The van der Waals surface area contributed by atoms with Crippen LogP contribution in [0.2, 0.25) is 0 Å². The van der Waals surface area contributed by atoms with Crippen molar-refractivity contribution in [3.63, 3.8) is 0 Å². The van der Waals surface area contributed by atoms with Gasteiger partial charge in [-0.2, -0.15) is 0 Å². The Morgan fingerprint density at radius 1 is 1.31 bits per heavy atom. The minimum absolute atomic E-state index is 0.367. The molecule has 0 saturated carbocycles. The number of hydrogen-bond acceptors (Lipinski definition) is 2. The molecule has 0 heterocycles. The Labute approximate surface area is 96.2 Å². The van der Waals surface area contributed by atoms with Gasteiger partial charge in [0, 0.05) is 6.08 Å². The zero-order valence-corrected chi connectivity index (χ0v) is 9.64. The number of carbonyl (C=O) groups is 1. The molecule has 0 atom stereocenters. The van der Waals surface area contributed by atoms with Crippen LogP contribution in [0, 0.1) is 0 Å². The fourth-order valence-electron chi connectivity index (χ4n) is 1.06. The minimum atomic E-state index is -0.627. The van der Waals surface area contributed by atoms with Crippen molar-refractivity contribution in [1.82, 2.24) is 0 Å². The highest BCUT2D eigenvalue weighted by Gasteiger charge is 2.16. The topological polar surface area (TPSA) is 26.3 Å². The summed E-state index contributed by atoms with van der Waals surface area (Å²) in [6.07, 6.45) is 4.74. The van der Waals surface area contributed by atoms with E-state index >= 15 is 0 Å². The van der Waals surface area contributed by atoms with Crippen LogP contribution < -0.4 is 0 Å². The second kappa shape index (κ2) is 5.31. The van der Waals surface area contributed by atoms with E-state index in [0.717, 1.165) is 5.56 Å². The van der Waals surface area contributed by atoms with E-state index in [1.165, 1.54) is 6.08 Å². The lowest BCUT2D eigenvalue weighted by Gasteiger charge is -2.19. The number of benzene rings is 1. The molecule has 1 rings (SSSR count). The lowest BCUT2D eigenvalue weighted by Crippen LogP contribution is -2.23. The van der Waals surface area contributed by atoms with E-state index in [-0.39, 0.29) is 5.97 Å². The number of ether oxygens (including phenoxy) is 1. The second-order valence-corrected chi connectivity index (χ2v) is 3.97. The Morgan fingerprint density at radius 2 is 1.94 bits per heavy atom. The average molecular weight is 216 g/mol. The van der Waals surface area contributed by atoms with Crippen LogP contribution in [0.5, 0.6) is 0 Å². The Morgan fingerprint density at radius 3 is 2.50 bits per heavy atom. The largest absolute Gasteiger partial charge is 0.452 e. The fraction of sp³-hybridized carbons (Fsp3) is 0.214. The molecule has 0 bridgehead atoms. The summed E-state index contributed by atoms with van der Waals surface area (Å²) in [6, 6.07) is 9.60. The molecule has 0 N–H and O–H groups in total. The maximum absolute atomic E-state index is 11.4. The average Bonchev–Trinajstić information content (AvgIpc) is 2.27. The first-order chi connectivity index (χ1) is 7.53. The SMILES string of the molecule is C=CC(C)(C)OC(=O)/C=C/c1ccccc1. The summed E-state index contributed by atoms with van der Waals surface area (Å²) >= 11 is 0. The summed E-state index contributed by atoms with van der Waals surface area (Å²) in [5.74, 6) is -0.367. The highest BCUT2D eigenvalue weighted by Crippen LogP contribution is 2.11. The molecular formula is C14H16O2. The van der Waals surface area contributed by atoms with Gasteiger partial charge in [0.1, 0.15) is 5.60 Å². The zero-order chi connectivity index (χ0) is 12.0. The van der Waals surface area contributed by atoms with Crippen LogP contribution in [-0.2, 0) is 9.53 Å². The third-order valence-corrected chi connectivity index (χ3v) is 2.07. The van der Waals surface area contributed by atoms with Crippen molar-refractivity contribution in [3.05, 3.63) is 54.6 Å². The van der Waals surface area contributed by atoms with Crippen molar-refractivity contribution in [3.8, 4) is 0 Å². The first-order valence-electron chi connectivity index (χ1n) is 5.13. The van der Waals surface area contributed by atoms with Gasteiger partial charge in [0.15, 0.2) is 0 Å². The molecule has 2 heteroatoms. The van der Waals surface area contributed by atoms with E-state index in [2.05, 4.69) is 6.58 Å². The van der Waals surface area contributed by atoms with E-state index in [4.69, 9.17) is 4.74 Å². The van der Waals surface area contributed by atoms with E-state index in [0.29, 0.717) is 0 Å². The first-order valence-corrected chi connectivity index (χ1v) is 5.13. The van der Waals surface area contributed by atoms with Crippen molar-refractivity contribution >= 4 is 12.0 Å². The highest BCUT2D eigenvalue weighted by atomic mass is 16.6. The van der Waals surface area contributed by atoms with Crippen molar-refractivity contribution in [2.75, 3.05) is 0 Å². The van der Waals surface area contributed by atoms with Crippen LogP contribution in [0.15, 0.2) is 49.1 Å². The van der Waals surface area contributed by atoms with E-state index in [1.54, 1.807) is 26.0 Å². The van der Waals surface area contributed by atoms with E-state index < -0.39 is 5.60 Å². The summed E-state index contributed by atoms with van der Waals surface area (Å²) in [6.45, 7) is 7.17. The molecule has 0 aliphatic carbocycles. The second-order valence-electron chi connectivity index (χ2n) is 3.97. The number of hydrogen-bond donors (Lipinski definition) is 0. The summed E-state index contributed by atoms with van der Waals surface area (Å²) in [5.41, 5.74) is 0.342. The summed E-state index contributed by atoms with van der Waals surface area (Å²) in [5, 5.41) is 0. The summed E-state index contributed by atoms with van der Waals surface area (Å²) in [4.78, 5) is 11.4. The number of esters is 1. The van der Waals surface area contributed by atoms with Gasteiger partial charge in [-0.05, 0) is 31.6 Å². The molecule has 2 nitrogen and oxygen atoms in total. The van der Waals surface area contributed by atoms with Crippen LogP contribution in [0.3, 0.4) is 0 Å². The van der Waals surface area contributed by atoms with Gasteiger partial charge in [-0.25, -0.2) is 4.79 Å². The molecule has 0 unspecified atom stereocenters. The quantitative estimate of drug-likeness (QED) is 0.439. The molecular weight excluding hydrogens is 200 g/mol. The van der Waals surface area contributed by atoms with Crippen molar-refractivity contribution in [2.45, 2.75) is 19.4 Å². The van der Waals surface area contributed by atoms with Gasteiger partial charge >= 0.3 is 5.97 Å². The molecule has 0 spiro atoms. The Kier molecular flexibility index (Phi) is 4.06. The van der Waals surface area contributed by atoms with Gasteiger partial charge in [-0.15, -0.1) is 0 Å². The molecule has 0 aliphatic heterocycles. The molecule has 0 saturated heterocycles. The van der Waals surface area contributed by atoms with Crippen molar-refractivity contribution in [2.24, 2.45) is 0 Å². The predicted molar refractivity (Wildman–Crippen MR) is 65.8 cm³/mol. The maximum Gasteiger partial charge on any atom is 0.331 e. The monoisotopic (exact) mass is 216 g/mol. The standard InChI is InChI=1S/C14H16O2/c1-4-14(2,3)16-13(15)11-10-12-8-6-5-7-9-12/h4-11H,1H2,2-3H3/b11-10+. The van der Waals surface area contributed by atoms with Gasteiger partial charge in [0.2, 0.25) is 0 Å². The predicted octanol–water partition coefficient (Wildman–Crippen LogP) is 3.21. The molecule has 1 aromatic carbocycles. The minimum Gasteiger partial charge on any atom is -0.452 e. The Balaban J connectivity index is 2.59. The first kappa shape index (κ1) is 12.2. The molecule has 0 radical (unpaired) electrons. The molecule has 0 aromatic heterocycles. The number of rotatable bonds is 4. The lowest BCUT2D eigenvalue weighted by atomic mass is 10.1. The van der Waals surface area contributed by atoms with Gasteiger partial charge in [-0.1, -0.05) is 36.9 Å². The molecule has 1 aromatic rings. The number of carbonyl (C=O) groups excluding carboxylic acids is 1. The summed E-state index contributed by atoms with van der Waals surface area (Å²) in [7, 11) is 0. The molecule has 0 amide bonds. The molecule has 84 valence electrons. The fourth-order valence-corrected chi connectivity index (χ4v) is 1.06. The highest BCUT2D eigenvalue weighted by molar-refractivity contribution is 5.87.